The molecule has 4 aromatic rings. The third kappa shape index (κ3) is 4.50. The van der Waals surface area contributed by atoms with Crippen LogP contribution in [0.15, 0.2) is 59.7 Å². The summed E-state index contributed by atoms with van der Waals surface area (Å²) >= 11 is 0. The number of piperidine rings is 1. The summed E-state index contributed by atoms with van der Waals surface area (Å²) in [6.45, 7) is 1.14. The first-order valence-corrected chi connectivity index (χ1v) is 13.2. The van der Waals surface area contributed by atoms with Crippen LogP contribution in [0.25, 0.3) is 11.2 Å². The lowest BCUT2D eigenvalue weighted by atomic mass is 9.89. The number of fused-ring (bicyclic) bond motifs is 2. The molecule has 1 amide bonds. The molecule has 9 heteroatoms. The number of aromatic nitrogens is 4. The Bertz CT molecular complexity index is 1540. The molecular formula is C29H29F2N5O2. The summed E-state index contributed by atoms with van der Waals surface area (Å²) in [5.74, 6) is -1.81. The third-order valence-corrected chi connectivity index (χ3v) is 8.16. The minimum absolute atomic E-state index is 0.00620. The topological polar surface area (TPSA) is 83.9 Å². The fourth-order valence-corrected chi connectivity index (χ4v) is 6.23. The van der Waals surface area contributed by atoms with E-state index in [1.807, 2.05) is 29.2 Å². The van der Waals surface area contributed by atoms with Crippen molar-refractivity contribution in [3.63, 3.8) is 0 Å². The lowest BCUT2D eigenvalue weighted by molar-refractivity contribution is -0.133. The minimum atomic E-state index is -0.834. The zero-order valence-electron chi connectivity index (χ0n) is 20.9. The van der Waals surface area contributed by atoms with E-state index >= 15 is 0 Å². The monoisotopic (exact) mass is 517 g/mol. The molecule has 196 valence electrons. The second-order valence-electron chi connectivity index (χ2n) is 10.4. The molecule has 0 bridgehead atoms. The molecule has 7 nitrogen and oxygen atoms in total. The van der Waals surface area contributed by atoms with Gasteiger partial charge in [-0.1, -0.05) is 18.2 Å². The highest BCUT2D eigenvalue weighted by Gasteiger charge is 2.32. The second-order valence-corrected chi connectivity index (χ2v) is 10.4. The average Bonchev–Trinajstić information content (AvgIpc) is 3.16. The van der Waals surface area contributed by atoms with Crippen LogP contribution in [0.4, 0.5) is 8.78 Å². The van der Waals surface area contributed by atoms with Crippen molar-refractivity contribution in [2.45, 2.75) is 56.4 Å². The van der Waals surface area contributed by atoms with Crippen LogP contribution in [0.5, 0.6) is 0 Å². The van der Waals surface area contributed by atoms with Gasteiger partial charge in [0.1, 0.15) is 0 Å². The molecule has 0 spiro atoms. The van der Waals surface area contributed by atoms with Gasteiger partial charge in [-0.25, -0.2) is 18.6 Å². The Balaban J connectivity index is 1.15. The van der Waals surface area contributed by atoms with Gasteiger partial charge in [-0.2, -0.15) is 0 Å². The Labute approximate surface area is 218 Å². The molecule has 6 rings (SSSR count). The number of carbonyl (C=O) groups is 1. The van der Waals surface area contributed by atoms with Crippen molar-refractivity contribution >= 4 is 17.1 Å². The standard InChI is InChI=1S/C29H29F2N5O2/c30-23-6-1-5-22(26(23)31)18-8-9-20(27-19(16-18)4-2-12-32-27)17-25(37)35-14-10-21(11-15-35)36-24-7-3-13-33-28(24)34-29(36)38/h1-7,12-13,18,20-21H,8-11,14-17H2,(H,33,34,38)/t18-,20+/m1/s1. The lowest BCUT2D eigenvalue weighted by Gasteiger charge is -2.33. The van der Waals surface area contributed by atoms with Gasteiger partial charge < -0.3 is 4.90 Å². The van der Waals surface area contributed by atoms with Crippen molar-refractivity contribution in [1.82, 2.24) is 24.4 Å². The average molecular weight is 518 g/mol. The van der Waals surface area contributed by atoms with Crippen molar-refractivity contribution in [2.24, 2.45) is 0 Å². The first-order chi connectivity index (χ1) is 18.5. The summed E-state index contributed by atoms with van der Waals surface area (Å²) in [5.41, 5.74) is 3.44. The van der Waals surface area contributed by atoms with Crippen LogP contribution in [-0.4, -0.2) is 43.4 Å². The van der Waals surface area contributed by atoms with Crippen LogP contribution in [0, 0.1) is 11.6 Å². The van der Waals surface area contributed by atoms with E-state index in [0.29, 0.717) is 62.8 Å². The summed E-state index contributed by atoms with van der Waals surface area (Å²) in [5, 5.41) is 0. The number of H-pyrrole nitrogens is 1. The van der Waals surface area contributed by atoms with Crippen molar-refractivity contribution < 1.29 is 13.6 Å². The first-order valence-electron chi connectivity index (χ1n) is 13.2. The summed E-state index contributed by atoms with van der Waals surface area (Å²) in [4.78, 5) is 39.5. The van der Waals surface area contributed by atoms with Crippen molar-refractivity contribution in [3.05, 3.63) is 93.8 Å². The Morgan fingerprint density at radius 3 is 2.61 bits per heavy atom. The molecule has 0 radical (unpaired) electrons. The molecule has 1 aliphatic heterocycles. The second kappa shape index (κ2) is 10.1. The van der Waals surface area contributed by atoms with Gasteiger partial charge in [0.2, 0.25) is 5.91 Å². The lowest BCUT2D eigenvalue weighted by Crippen LogP contribution is -2.41. The maximum Gasteiger partial charge on any atom is 0.327 e. The number of imidazole rings is 1. The van der Waals surface area contributed by atoms with Crippen LogP contribution in [-0.2, 0) is 11.2 Å². The number of aromatic amines is 1. The normalized spacial score (nSPS) is 20.3. The molecule has 1 fully saturated rings. The fourth-order valence-electron chi connectivity index (χ4n) is 6.23. The van der Waals surface area contributed by atoms with Crippen LogP contribution < -0.4 is 5.69 Å². The number of likely N-dealkylation sites (tertiary alicyclic amines) is 1. The molecule has 1 N–H and O–H groups in total. The van der Waals surface area contributed by atoms with Crippen molar-refractivity contribution in [3.8, 4) is 0 Å². The number of hydrogen-bond acceptors (Lipinski definition) is 4. The number of halogens is 2. The molecule has 2 aliphatic rings. The number of amides is 1. The predicted molar refractivity (Wildman–Crippen MR) is 139 cm³/mol. The van der Waals surface area contributed by atoms with Gasteiger partial charge in [-0.15, -0.1) is 0 Å². The van der Waals surface area contributed by atoms with Gasteiger partial charge in [0.25, 0.3) is 0 Å². The highest BCUT2D eigenvalue weighted by molar-refractivity contribution is 5.77. The van der Waals surface area contributed by atoms with Crippen LogP contribution >= 0.6 is 0 Å². The van der Waals surface area contributed by atoms with Gasteiger partial charge in [0, 0.05) is 49.6 Å². The largest absolute Gasteiger partial charge is 0.343 e. The van der Waals surface area contributed by atoms with E-state index < -0.39 is 11.6 Å². The van der Waals surface area contributed by atoms with Gasteiger partial charge in [0.15, 0.2) is 17.3 Å². The first kappa shape index (κ1) is 24.5. The molecule has 1 aromatic carbocycles. The molecule has 0 unspecified atom stereocenters. The fraction of sp³-hybridized carbons (Fsp3) is 0.379. The van der Waals surface area contributed by atoms with Gasteiger partial charge in [-0.3, -0.25) is 19.3 Å². The number of pyridine rings is 2. The Morgan fingerprint density at radius 1 is 0.974 bits per heavy atom. The molecule has 1 saturated heterocycles. The number of carbonyl (C=O) groups excluding carboxylic acids is 1. The van der Waals surface area contributed by atoms with E-state index in [0.717, 1.165) is 22.8 Å². The SMILES string of the molecule is O=C(C[C@@H]1CC[C@@H](c2cccc(F)c2F)Cc2cccnc21)N1CCC(n2c(=O)[nH]c3ncccc32)CC1. The zero-order chi connectivity index (χ0) is 26.2. The molecule has 38 heavy (non-hydrogen) atoms. The maximum atomic E-state index is 14.6. The molecule has 4 heterocycles. The van der Waals surface area contributed by atoms with E-state index in [-0.39, 0.29) is 29.5 Å². The minimum Gasteiger partial charge on any atom is -0.343 e. The Kier molecular flexibility index (Phi) is 6.51. The smallest absolute Gasteiger partial charge is 0.327 e. The van der Waals surface area contributed by atoms with E-state index in [1.165, 1.54) is 0 Å². The molecule has 2 atom stereocenters. The zero-order valence-corrected chi connectivity index (χ0v) is 20.9. The number of rotatable bonds is 4. The van der Waals surface area contributed by atoms with Crippen molar-refractivity contribution in [1.29, 1.82) is 0 Å². The third-order valence-electron chi connectivity index (χ3n) is 8.16. The van der Waals surface area contributed by atoms with Gasteiger partial charge in [-0.05, 0) is 73.4 Å². The summed E-state index contributed by atoms with van der Waals surface area (Å²) in [6, 6.07) is 11.9. The van der Waals surface area contributed by atoms with E-state index in [2.05, 4.69) is 15.0 Å². The highest BCUT2D eigenvalue weighted by atomic mass is 19.2. The van der Waals surface area contributed by atoms with Crippen molar-refractivity contribution in [2.75, 3.05) is 13.1 Å². The molecule has 3 aromatic heterocycles. The summed E-state index contributed by atoms with van der Waals surface area (Å²) < 4.78 is 30.3. The van der Waals surface area contributed by atoms with E-state index in [4.69, 9.17) is 0 Å². The number of benzene rings is 1. The van der Waals surface area contributed by atoms with Crippen LogP contribution in [0.3, 0.4) is 0 Å². The highest BCUT2D eigenvalue weighted by Crippen LogP contribution is 2.39. The molecule has 0 saturated carbocycles. The number of hydrogen-bond donors (Lipinski definition) is 1. The van der Waals surface area contributed by atoms with Gasteiger partial charge in [0.05, 0.1) is 5.52 Å². The summed E-state index contributed by atoms with van der Waals surface area (Å²) in [6.07, 6.45) is 6.97. The number of nitrogens with zero attached hydrogens (tertiary/aromatic N) is 4. The maximum absolute atomic E-state index is 14.6. The van der Waals surface area contributed by atoms with E-state index in [9.17, 15) is 18.4 Å². The molecular weight excluding hydrogens is 488 g/mol. The Hall–Kier alpha value is -3.88. The Morgan fingerprint density at radius 2 is 1.76 bits per heavy atom. The predicted octanol–water partition coefficient (Wildman–Crippen LogP) is 4.86. The van der Waals surface area contributed by atoms with Crippen LogP contribution in [0.2, 0.25) is 0 Å². The molecule has 1 aliphatic carbocycles. The summed E-state index contributed by atoms with van der Waals surface area (Å²) in [7, 11) is 0. The van der Waals surface area contributed by atoms with Gasteiger partial charge >= 0.3 is 5.69 Å². The number of nitrogens with one attached hydrogen (secondary N) is 1. The quantitative estimate of drug-likeness (QED) is 0.392. The van der Waals surface area contributed by atoms with Crippen LogP contribution in [0.1, 0.15) is 66.8 Å². The van der Waals surface area contributed by atoms with E-state index in [1.54, 1.807) is 29.1 Å².